The lowest BCUT2D eigenvalue weighted by atomic mass is 10.2. The monoisotopic (exact) mass is 410 g/mol. The Morgan fingerprint density at radius 3 is 2.29 bits per heavy atom. The molecule has 148 valence electrons. The third kappa shape index (κ3) is 4.42. The van der Waals surface area contributed by atoms with Crippen molar-refractivity contribution in [3.8, 4) is 5.69 Å². The third-order valence-corrected chi connectivity index (χ3v) is 4.20. The van der Waals surface area contributed by atoms with E-state index in [0.717, 1.165) is 17.5 Å². The Morgan fingerprint density at radius 1 is 1.07 bits per heavy atom. The van der Waals surface area contributed by atoms with E-state index in [1.165, 1.54) is 12.1 Å². The summed E-state index contributed by atoms with van der Waals surface area (Å²) in [5.41, 5.74) is 0.279. The molecule has 2 aromatic carbocycles. The Morgan fingerprint density at radius 2 is 1.71 bits per heavy atom. The molecule has 8 heteroatoms. The van der Waals surface area contributed by atoms with Crippen molar-refractivity contribution in [3.05, 3.63) is 59.2 Å². The Hall–Kier alpha value is -2.67. The number of benzene rings is 2. The molecule has 3 aromatic rings. The summed E-state index contributed by atoms with van der Waals surface area (Å²) in [5, 5.41) is 3.65. The summed E-state index contributed by atoms with van der Waals surface area (Å²) in [6.07, 6.45) is -3.29. The molecule has 4 nitrogen and oxygen atoms in total. The fraction of sp³-hybridized carbons (Fsp3) is 0.250. The van der Waals surface area contributed by atoms with Crippen molar-refractivity contribution >= 4 is 34.3 Å². The number of carbonyl (C=O) groups excluding carboxylic acids is 1. The lowest BCUT2D eigenvalue weighted by Gasteiger charge is -2.20. The minimum absolute atomic E-state index is 0.283. The first-order chi connectivity index (χ1) is 12.9. The average molecular weight is 411 g/mol. The zero-order chi connectivity index (χ0) is 20.7. The summed E-state index contributed by atoms with van der Waals surface area (Å²) in [7, 11) is 0. The minimum Gasteiger partial charge on any atom is -0.444 e. The quantitative estimate of drug-likeness (QED) is 0.514. The van der Waals surface area contributed by atoms with Crippen LogP contribution < -0.4 is 5.32 Å². The van der Waals surface area contributed by atoms with Gasteiger partial charge in [-0.3, -0.25) is 5.32 Å². The van der Waals surface area contributed by atoms with Gasteiger partial charge in [0.1, 0.15) is 5.60 Å². The normalized spacial score (nSPS) is 12.2. The maximum atomic E-state index is 12.8. The molecule has 0 bridgehead atoms. The van der Waals surface area contributed by atoms with Gasteiger partial charge in [0.15, 0.2) is 0 Å². The van der Waals surface area contributed by atoms with Gasteiger partial charge in [-0.1, -0.05) is 11.6 Å². The number of halogens is 4. The number of nitrogens with one attached hydrogen (secondary N) is 1. The molecule has 0 saturated carbocycles. The molecule has 0 unspecified atom stereocenters. The Labute approximate surface area is 164 Å². The van der Waals surface area contributed by atoms with Crippen LogP contribution in [0.25, 0.3) is 16.6 Å². The van der Waals surface area contributed by atoms with Crippen molar-refractivity contribution in [1.82, 2.24) is 4.57 Å². The van der Waals surface area contributed by atoms with E-state index in [1.807, 2.05) is 0 Å². The van der Waals surface area contributed by atoms with E-state index in [2.05, 4.69) is 5.32 Å². The van der Waals surface area contributed by atoms with Crippen LogP contribution in [-0.2, 0) is 10.9 Å². The van der Waals surface area contributed by atoms with E-state index < -0.39 is 23.4 Å². The van der Waals surface area contributed by atoms with Crippen LogP contribution >= 0.6 is 11.6 Å². The van der Waals surface area contributed by atoms with E-state index in [1.54, 1.807) is 49.7 Å². The number of amides is 1. The van der Waals surface area contributed by atoms with Gasteiger partial charge < -0.3 is 9.30 Å². The molecule has 3 rings (SSSR count). The molecular weight excluding hydrogens is 393 g/mol. The van der Waals surface area contributed by atoms with Crippen molar-refractivity contribution in [2.45, 2.75) is 32.5 Å². The summed E-state index contributed by atoms with van der Waals surface area (Å²) in [6, 6.07) is 9.95. The number of hydrogen-bond acceptors (Lipinski definition) is 2. The summed E-state index contributed by atoms with van der Waals surface area (Å²) < 4.78 is 45.2. The molecule has 0 spiro atoms. The van der Waals surface area contributed by atoms with Gasteiger partial charge in [-0.25, -0.2) is 4.79 Å². The number of nitrogens with zero attached hydrogens (tertiary/aromatic N) is 1. The SMILES string of the molecule is CC(C)(C)OC(=O)Nc1cc2ccn(-c3ccc(C(F)(F)F)cc3)c2cc1Cl. The summed E-state index contributed by atoms with van der Waals surface area (Å²) in [5.74, 6) is 0. The molecule has 0 fully saturated rings. The smallest absolute Gasteiger partial charge is 0.416 e. The number of hydrogen-bond donors (Lipinski definition) is 1. The molecule has 0 aliphatic heterocycles. The van der Waals surface area contributed by atoms with Crippen LogP contribution in [0.2, 0.25) is 5.02 Å². The van der Waals surface area contributed by atoms with E-state index >= 15 is 0 Å². The standard InChI is InChI=1S/C20H18ClF3N2O2/c1-19(2,3)28-18(27)25-16-10-12-8-9-26(17(12)11-15(16)21)14-6-4-13(5-7-14)20(22,23)24/h4-11H,1-3H3,(H,25,27). The first kappa shape index (κ1) is 20.1. The molecule has 0 radical (unpaired) electrons. The maximum Gasteiger partial charge on any atom is 0.416 e. The van der Waals surface area contributed by atoms with Crippen molar-refractivity contribution in [2.75, 3.05) is 5.32 Å². The molecule has 1 heterocycles. The van der Waals surface area contributed by atoms with Crippen LogP contribution in [0.3, 0.4) is 0 Å². The van der Waals surface area contributed by atoms with Crippen molar-refractivity contribution in [1.29, 1.82) is 0 Å². The average Bonchev–Trinajstić information content (AvgIpc) is 2.95. The highest BCUT2D eigenvalue weighted by Gasteiger charge is 2.30. The lowest BCUT2D eigenvalue weighted by Crippen LogP contribution is -2.27. The highest BCUT2D eigenvalue weighted by molar-refractivity contribution is 6.34. The highest BCUT2D eigenvalue weighted by Crippen LogP contribution is 2.33. The number of fused-ring (bicyclic) bond motifs is 1. The van der Waals surface area contributed by atoms with Gasteiger partial charge in [0.25, 0.3) is 0 Å². The molecule has 0 aliphatic carbocycles. The first-order valence-electron chi connectivity index (χ1n) is 8.42. The predicted molar refractivity (Wildman–Crippen MR) is 103 cm³/mol. The molecule has 1 amide bonds. The molecular formula is C20H18ClF3N2O2. The van der Waals surface area contributed by atoms with Crippen LogP contribution in [-0.4, -0.2) is 16.3 Å². The Kier molecular flexibility index (Phi) is 5.06. The van der Waals surface area contributed by atoms with Crippen molar-refractivity contribution in [3.63, 3.8) is 0 Å². The second-order valence-electron chi connectivity index (χ2n) is 7.25. The summed E-state index contributed by atoms with van der Waals surface area (Å²) in [4.78, 5) is 12.0. The molecule has 0 aliphatic rings. The number of ether oxygens (including phenoxy) is 1. The second kappa shape index (κ2) is 7.05. The number of aromatic nitrogens is 1. The van der Waals surface area contributed by atoms with E-state index in [-0.39, 0.29) is 5.02 Å². The molecule has 1 aromatic heterocycles. The largest absolute Gasteiger partial charge is 0.444 e. The number of carbonyl (C=O) groups is 1. The van der Waals surface area contributed by atoms with Crippen LogP contribution in [0.4, 0.5) is 23.7 Å². The number of rotatable bonds is 2. The van der Waals surface area contributed by atoms with Gasteiger partial charge in [0.2, 0.25) is 0 Å². The Bertz CT molecular complexity index is 1020. The second-order valence-corrected chi connectivity index (χ2v) is 7.66. The fourth-order valence-electron chi connectivity index (χ4n) is 2.70. The van der Waals surface area contributed by atoms with Crippen molar-refractivity contribution in [2.24, 2.45) is 0 Å². The zero-order valence-electron chi connectivity index (χ0n) is 15.4. The van der Waals surface area contributed by atoms with Gasteiger partial charge in [-0.05, 0) is 63.2 Å². The number of alkyl halides is 3. The number of anilines is 1. The van der Waals surface area contributed by atoms with E-state index in [9.17, 15) is 18.0 Å². The van der Waals surface area contributed by atoms with Crippen LogP contribution in [0.5, 0.6) is 0 Å². The molecule has 0 atom stereocenters. The molecule has 0 saturated heterocycles. The first-order valence-corrected chi connectivity index (χ1v) is 8.80. The van der Waals surface area contributed by atoms with Gasteiger partial charge in [0.05, 0.1) is 21.8 Å². The van der Waals surface area contributed by atoms with Crippen molar-refractivity contribution < 1.29 is 22.7 Å². The predicted octanol–water partition coefficient (Wildman–Crippen LogP) is 6.65. The highest BCUT2D eigenvalue weighted by atomic mass is 35.5. The Balaban J connectivity index is 1.91. The van der Waals surface area contributed by atoms with E-state index in [4.69, 9.17) is 16.3 Å². The van der Waals surface area contributed by atoms with Crippen LogP contribution in [0, 0.1) is 0 Å². The van der Waals surface area contributed by atoms with Crippen LogP contribution in [0.1, 0.15) is 26.3 Å². The molecule has 1 N–H and O–H groups in total. The minimum atomic E-state index is -4.39. The summed E-state index contributed by atoms with van der Waals surface area (Å²) in [6.45, 7) is 5.25. The lowest BCUT2D eigenvalue weighted by molar-refractivity contribution is -0.137. The topological polar surface area (TPSA) is 43.3 Å². The van der Waals surface area contributed by atoms with Gasteiger partial charge in [-0.15, -0.1) is 0 Å². The maximum absolute atomic E-state index is 12.8. The zero-order valence-corrected chi connectivity index (χ0v) is 16.2. The summed E-state index contributed by atoms with van der Waals surface area (Å²) >= 11 is 6.29. The molecule has 28 heavy (non-hydrogen) atoms. The fourth-order valence-corrected chi connectivity index (χ4v) is 2.91. The van der Waals surface area contributed by atoms with E-state index in [0.29, 0.717) is 16.9 Å². The van der Waals surface area contributed by atoms with Gasteiger partial charge in [0, 0.05) is 17.3 Å². The van der Waals surface area contributed by atoms with Gasteiger partial charge in [-0.2, -0.15) is 13.2 Å². The van der Waals surface area contributed by atoms with Crippen LogP contribution in [0.15, 0.2) is 48.7 Å². The van der Waals surface area contributed by atoms with Gasteiger partial charge >= 0.3 is 12.3 Å². The third-order valence-electron chi connectivity index (χ3n) is 3.89.